The Hall–Kier alpha value is -1.39. The second-order valence-electron chi connectivity index (χ2n) is 5.00. The quantitative estimate of drug-likeness (QED) is 0.830. The molecule has 0 saturated heterocycles. The van der Waals surface area contributed by atoms with Crippen LogP contribution < -0.4 is 5.32 Å². The van der Waals surface area contributed by atoms with Gasteiger partial charge >= 0.3 is 0 Å². The molecule has 1 fully saturated rings. The van der Waals surface area contributed by atoms with Gasteiger partial charge in [0.1, 0.15) is 0 Å². The van der Waals surface area contributed by atoms with E-state index in [0.29, 0.717) is 12.6 Å². The summed E-state index contributed by atoms with van der Waals surface area (Å²) in [6.45, 7) is 2.36. The van der Waals surface area contributed by atoms with Crippen LogP contribution in [0.3, 0.4) is 0 Å². The van der Waals surface area contributed by atoms with Crippen LogP contribution >= 0.6 is 0 Å². The predicted octanol–water partition coefficient (Wildman–Crippen LogP) is 1.52. The van der Waals surface area contributed by atoms with Gasteiger partial charge in [0.05, 0.1) is 13.2 Å². The number of carbonyl (C=O) groups excluding carboxylic acids is 1. The molecule has 0 heterocycles. The van der Waals surface area contributed by atoms with Crippen molar-refractivity contribution in [1.82, 2.24) is 4.90 Å². The molecule has 1 aromatic rings. The molecule has 18 heavy (non-hydrogen) atoms. The Labute approximate surface area is 108 Å². The number of likely N-dealkylation sites (N-methyl/N-ethyl adjacent to an activating group) is 1. The third kappa shape index (κ3) is 3.31. The van der Waals surface area contributed by atoms with Crippen LogP contribution in [0.1, 0.15) is 24.0 Å². The van der Waals surface area contributed by atoms with Gasteiger partial charge in [-0.15, -0.1) is 0 Å². The number of aliphatic hydroxyl groups is 1. The number of hydrogen-bond donors (Lipinski definition) is 2. The molecule has 0 radical (unpaired) electrons. The molecule has 0 atom stereocenters. The lowest BCUT2D eigenvalue weighted by molar-refractivity contribution is -0.117. The number of amides is 1. The van der Waals surface area contributed by atoms with E-state index >= 15 is 0 Å². The van der Waals surface area contributed by atoms with Crippen molar-refractivity contribution in [2.45, 2.75) is 32.4 Å². The monoisotopic (exact) mass is 248 g/mol. The molecule has 2 rings (SSSR count). The summed E-state index contributed by atoms with van der Waals surface area (Å²) in [6.07, 6.45) is 2.39. The SMILES string of the molecule is Cc1ccc(CO)cc1NC(=O)CN(C)C1CC1. The highest BCUT2D eigenvalue weighted by molar-refractivity contribution is 5.93. The molecule has 1 amide bonds. The zero-order chi connectivity index (χ0) is 13.1. The minimum absolute atomic E-state index is 0.00240. The number of aryl methyl sites for hydroxylation is 1. The van der Waals surface area contributed by atoms with E-state index in [9.17, 15) is 4.79 Å². The minimum Gasteiger partial charge on any atom is -0.392 e. The van der Waals surface area contributed by atoms with Gasteiger partial charge in [-0.2, -0.15) is 0 Å². The molecule has 1 aliphatic rings. The molecule has 98 valence electrons. The maximum absolute atomic E-state index is 11.9. The Morgan fingerprint density at radius 3 is 2.83 bits per heavy atom. The van der Waals surface area contributed by atoms with Crippen LogP contribution in [0.5, 0.6) is 0 Å². The molecular formula is C14H20N2O2. The Kier molecular flexibility index (Phi) is 3.99. The van der Waals surface area contributed by atoms with Crippen LogP contribution in [0.4, 0.5) is 5.69 Å². The smallest absolute Gasteiger partial charge is 0.238 e. The first kappa shape index (κ1) is 13.1. The highest BCUT2D eigenvalue weighted by Gasteiger charge is 2.27. The number of anilines is 1. The molecule has 4 nitrogen and oxygen atoms in total. The number of benzene rings is 1. The Bertz CT molecular complexity index is 441. The Balaban J connectivity index is 1.96. The number of rotatable bonds is 5. The van der Waals surface area contributed by atoms with E-state index in [4.69, 9.17) is 5.11 Å². The molecule has 0 bridgehead atoms. The lowest BCUT2D eigenvalue weighted by Crippen LogP contribution is -2.31. The average Bonchev–Trinajstić information content (AvgIpc) is 3.15. The summed E-state index contributed by atoms with van der Waals surface area (Å²) < 4.78 is 0. The van der Waals surface area contributed by atoms with Gasteiger partial charge in [0.15, 0.2) is 0 Å². The van der Waals surface area contributed by atoms with E-state index < -0.39 is 0 Å². The van der Waals surface area contributed by atoms with E-state index in [-0.39, 0.29) is 12.5 Å². The highest BCUT2D eigenvalue weighted by atomic mass is 16.3. The van der Waals surface area contributed by atoms with E-state index in [1.807, 2.05) is 32.2 Å². The van der Waals surface area contributed by atoms with E-state index in [0.717, 1.165) is 16.8 Å². The first-order chi connectivity index (χ1) is 8.60. The summed E-state index contributed by atoms with van der Waals surface area (Å²) in [4.78, 5) is 14.0. The molecule has 4 heteroatoms. The van der Waals surface area contributed by atoms with Crippen LogP contribution in [-0.4, -0.2) is 35.5 Å². The fourth-order valence-corrected chi connectivity index (χ4v) is 1.96. The summed E-state index contributed by atoms with van der Waals surface area (Å²) in [5, 5.41) is 12.0. The van der Waals surface area contributed by atoms with E-state index in [1.165, 1.54) is 12.8 Å². The molecule has 0 unspecified atom stereocenters. The van der Waals surface area contributed by atoms with Gasteiger partial charge < -0.3 is 10.4 Å². The Morgan fingerprint density at radius 1 is 1.50 bits per heavy atom. The molecule has 1 aliphatic carbocycles. The largest absolute Gasteiger partial charge is 0.392 e. The van der Waals surface area contributed by atoms with Gasteiger partial charge in [0, 0.05) is 11.7 Å². The van der Waals surface area contributed by atoms with Crippen molar-refractivity contribution in [1.29, 1.82) is 0 Å². The average molecular weight is 248 g/mol. The Morgan fingerprint density at radius 2 is 2.22 bits per heavy atom. The van der Waals surface area contributed by atoms with Gasteiger partial charge in [-0.3, -0.25) is 9.69 Å². The molecule has 2 N–H and O–H groups in total. The molecular weight excluding hydrogens is 228 g/mol. The lowest BCUT2D eigenvalue weighted by Gasteiger charge is -2.16. The number of nitrogens with zero attached hydrogens (tertiary/aromatic N) is 1. The summed E-state index contributed by atoms with van der Waals surface area (Å²) >= 11 is 0. The predicted molar refractivity (Wildman–Crippen MR) is 71.4 cm³/mol. The van der Waals surface area contributed by atoms with Crippen LogP contribution in [0.2, 0.25) is 0 Å². The second kappa shape index (κ2) is 5.50. The minimum atomic E-state index is -0.00880. The number of carbonyl (C=O) groups is 1. The van der Waals surface area contributed by atoms with Crippen molar-refractivity contribution in [2.24, 2.45) is 0 Å². The van der Waals surface area contributed by atoms with Gasteiger partial charge in [0.25, 0.3) is 0 Å². The van der Waals surface area contributed by atoms with Gasteiger partial charge in [0.2, 0.25) is 5.91 Å². The van der Waals surface area contributed by atoms with Crippen molar-refractivity contribution >= 4 is 11.6 Å². The standard InChI is InChI=1S/C14H20N2O2/c1-10-3-4-11(9-17)7-13(10)15-14(18)8-16(2)12-5-6-12/h3-4,7,12,17H,5-6,8-9H2,1-2H3,(H,15,18). The maximum Gasteiger partial charge on any atom is 0.238 e. The molecule has 0 aromatic heterocycles. The van der Waals surface area contributed by atoms with Crippen LogP contribution in [0, 0.1) is 6.92 Å². The molecule has 1 aromatic carbocycles. The number of aliphatic hydroxyl groups excluding tert-OH is 1. The van der Waals surface area contributed by atoms with Gasteiger partial charge in [-0.1, -0.05) is 12.1 Å². The van der Waals surface area contributed by atoms with Crippen molar-refractivity contribution in [3.63, 3.8) is 0 Å². The van der Waals surface area contributed by atoms with E-state index in [1.54, 1.807) is 0 Å². The normalized spacial score (nSPS) is 14.9. The van der Waals surface area contributed by atoms with Crippen molar-refractivity contribution in [3.8, 4) is 0 Å². The fraction of sp³-hybridized carbons (Fsp3) is 0.500. The second-order valence-corrected chi connectivity index (χ2v) is 5.00. The molecule has 0 aliphatic heterocycles. The molecule has 0 spiro atoms. The van der Waals surface area contributed by atoms with Crippen LogP contribution in [0.15, 0.2) is 18.2 Å². The first-order valence-electron chi connectivity index (χ1n) is 6.30. The zero-order valence-corrected chi connectivity index (χ0v) is 10.9. The van der Waals surface area contributed by atoms with Gasteiger partial charge in [-0.05, 0) is 44.0 Å². The highest BCUT2D eigenvalue weighted by Crippen LogP contribution is 2.25. The summed E-state index contributed by atoms with van der Waals surface area (Å²) in [5.74, 6) is 0.00240. The fourth-order valence-electron chi connectivity index (χ4n) is 1.96. The lowest BCUT2D eigenvalue weighted by atomic mass is 10.1. The third-order valence-electron chi connectivity index (χ3n) is 3.32. The first-order valence-corrected chi connectivity index (χ1v) is 6.30. The van der Waals surface area contributed by atoms with Crippen molar-refractivity contribution < 1.29 is 9.90 Å². The summed E-state index contributed by atoms with van der Waals surface area (Å²) in [6, 6.07) is 6.18. The zero-order valence-electron chi connectivity index (χ0n) is 10.9. The number of nitrogens with one attached hydrogen (secondary N) is 1. The summed E-state index contributed by atoms with van der Waals surface area (Å²) in [5.41, 5.74) is 2.61. The van der Waals surface area contributed by atoms with Crippen LogP contribution in [-0.2, 0) is 11.4 Å². The number of hydrogen-bond acceptors (Lipinski definition) is 3. The van der Waals surface area contributed by atoms with Crippen LogP contribution in [0.25, 0.3) is 0 Å². The maximum atomic E-state index is 11.9. The topological polar surface area (TPSA) is 52.6 Å². The van der Waals surface area contributed by atoms with Crippen molar-refractivity contribution in [2.75, 3.05) is 18.9 Å². The summed E-state index contributed by atoms with van der Waals surface area (Å²) in [7, 11) is 1.98. The van der Waals surface area contributed by atoms with Crippen molar-refractivity contribution in [3.05, 3.63) is 29.3 Å². The third-order valence-corrected chi connectivity index (χ3v) is 3.32. The van der Waals surface area contributed by atoms with Gasteiger partial charge in [-0.25, -0.2) is 0 Å². The van der Waals surface area contributed by atoms with E-state index in [2.05, 4.69) is 10.2 Å². The molecule has 1 saturated carbocycles.